The molecule has 0 saturated carbocycles. The molecule has 1 rings (SSSR count). The Morgan fingerprint density at radius 1 is 1.62 bits per heavy atom. The van der Waals surface area contributed by atoms with Gasteiger partial charge in [-0.05, 0) is 38.0 Å². The summed E-state index contributed by atoms with van der Waals surface area (Å²) in [5, 5.41) is 10.0. The molecule has 76 valence electrons. The predicted octanol–water partition coefficient (Wildman–Crippen LogP) is 2.04. The van der Waals surface area contributed by atoms with Crippen molar-refractivity contribution < 1.29 is 5.11 Å². The molecule has 0 fully saturated rings. The first-order valence-electron chi connectivity index (χ1n) is 4.94. The fraction of sp³-hybridized carbons (Fsp3) is 0.818. The molecule has 3 N–H and O–H groups in total. The van der Waals surface area contributed by atoms with Crippen LogP contribution in [0, 0.1) is 11.3 Å². The minimum atomic E-state index is -0.627. The normalized spacial score (nSPS) is 35.8. The molecule has 0 radical (unpaired) electrons. The van der Waals surface area contributed by atoms with Crippen molar-refractivity contribution in [2.45, 2.75) is 46.1 Å². The lowest BCUT2D eigenvalue weighted by molar-refractivity contribution is -0.0574. The smallest absolute Gasteiger partial charge is 0.0648 e. The summed E-state index contributed by atoms with van der Waals surface area (Å²) < 4.78 is 0. The SMILES string of the molecule is C[C@H]1CC(C)(C(C)(C)O)CC=C1N. The van der Waals surface area contributed by atoms with Crippen LogP contribution in [-0.4, -0.2) is 10.7 Å². The van der Waals surface area contributed by atoms with E-state index in [9.17, 15) is 5.11 Å². The second kappa shape index (κ2) is 3.02. The van der Waals surface area contributed by atoms with Gasteiger partial charge in [-0.2, -0.15) is 0 Å². The summed E-state index contributed by atoms with van der Waals surface area (Å²) in [5.41, 5.74) is 6.14. The highest BCUT2D eigenvalue weighted by Crippen LogP contribution is 2.44. The maximum absolute atomic E-state index is 10.0. The van der Waals surface area contributed by atoms with Gasteiger partial charge in [0.1, 0.15) is 0 Å². The van der Waals surface area contributed by atoms with Crippen LogP contribution < -0.4 is 5.73 Å². The lowest BCUT2D eigenvalue weighted by atomic mass is 9.65. The lowest BCUT2D eigenvalue weighted by Crippen LogP contribution is -2.44. The Labute approximate surface area is 80.8 Å². The molecule has 13 heavy (non-hydrogen) atoms. The third-order valence-corrected chi connectivity index (χ3v) is 3.59. The van der Waals surface area contributed by atoms with Crippen LogP contribution in [0.5, 0.6) is 0 Å². The van der Waals surface area contributed by atoms with E-state index in [0.29, 0.717) is 5.92 Å². The maximum Gasteiger partial charge on any atom is 0.0648 e. The molecule has 1 unspecified atom stereocenters. The summed E-state index contributed by atoms with van der Waals surface area (Å²) in [7, 11) is 0. The van der Waals surface area contributed by atoms with E-state index in [2.05, 4.69) is 19.9 Å². The van der Waals surface area contributed by atoms with Crippen molar-refractivity contribution in [3.8, 4) is 0 Å². The fourth-order valence-electron chi connectivity index (χ4n) is 1.92. The van der Waals surface area contributed by atoms with Gasteiger partial charge in [-0.1, -0.05) is 19.9 Å². The van der Waals surface area contributed by atoms with E-state index in [1.54, 1.807) is 0 Å². The zero-order valence-corrected chi connectivity index (χ0v) is 9.09. The first-order valence-corrected chi connectivity index (χ1v) is 4.94. The van der Waals surface area contributed by atoms with Crippen LogP contribution >= 0.6 is 0 Å². The van der Waals surface area contributed by atoms with Crippen LogP contribution in [-0.2, 0) is 0 Å². The van der Waals surface area contributed by atoms with Crippen molar-refractivity contribution in [2.75, 3.05) is 0 Å². The molecule has 2 heteroatoms. The van der Waals surface area contributed by atoms with E-state index < -0.39 is 5.60 Å². The third kappa shape index (κ3) is 1.88. The predicted molar refractivity (Wildman–Crippen MR) is 55.1 cm³/mol. The second-order valence-electron chi connectivity index (χ2n) is 5.13. The Bertz CT molecular complexity index is 227. The Morgan fingerprint density at radius 2 is 2.15 bits per heavy atom. The minimum Gasteiger partial charge on any atom is -0.402 e. The average Bonchev–Trinajstić information content (AvgIpc) is 1.95. The van der Waals surface area contributed by atoms with E-state index in [4.69, 9.17) is 5.73 Å². The highest BCUT2D eigenvalue weighted by atomic mass is 16.3. The number of allylic oxidation sites excluding steroid dienone is 2. The Balaban J connectivity index is 2.87. The topological polar surface area (TPSA) is 46.2 Å². The van der Waals surface area contributed by atoms with Gasteiger partial charge in [0.05, 0.1) is 5.60 Å². The summed E-state index contributed by atoms with van der Waals surface area (Å²) in [4.78, 5) is 0. The molecule has 2 nitrogen and oxygen atoms in total. The van der Waals surface area contributed by atoms with Gasteiger partial charge in [-0.25, -0.2) is 0 Å². The van der Waals surface area contributed by atoms with E-state index >= 15 is 0 Å². The number of aliphatic hydroxyl groups is 1. The monoisotopic (exact) mass is 183 g/mol. The molecule has 0 heterocycles. The van der Waals surface area contributed by atoms with Gasteiger partial charge in [0, 0.05) is 5.70 Å². The number of rotatable bonds is 1. The summed E-state index contributed by atoms with van der Waals surface area (Å²) >= 11 is 0. The molecule has 0 aromatic rings. The van der Waals surface area contributed by atoms with Gasteiger partial charge in [0.15, 0.2) is 0 Å². The van der Waals surface area contributed by atoms with E-state index in [1.807, 2.05) is 13.8 Å². The quantitative estimate of drug-likeness (QED) is 0.653. The molecule has 0 aromatic heterocycles. The van der Waals surface area contributed by atoms with Crippen molar-refractivity contribution in [2.24, 2.45) is 17.1 Å². The Morgan fingerprint density at radius 3 is 2.54 bits per heavy atom. The molecule has 0 aliphatic heterocycles. The number of nitrogens with two attached hydrogens (primary N) is 1. The molecule has 0 amide bonds. The average molecular weight is 183 g/mol. The summed E-state index contributed by atoms with van der Waals surface area (Å²) in [6.45, 7) is 8.02. The van der Waals surface area contributed by atoms with Crippen molar-refractivity contribution in [3.63, 3.8) is 0 Å². The summed E-state index contributed by atoms with van der Waals surface area (Å²) in [6.07, 6.45) is 3.91. The van der Waals surface area contributed by atoms with Crippen molar-refractivity contribution >= 4 is 0 Å². The zero-order valence-electron chi connectivity index (χ0n) is 9.09. The second-order valence-corrected chi connectivity index (χ2v) is 5.13. The lowest BCUT2D eigenvalue weighted by Gasteiger charge is -2.44. The van der Waals surface area contributed by atoms with Crippen LogP contribution in [0.15, 0.2) is 11.8 Å². The Kier molecular flexibility index (Phi) is 2.46. The molecular weight excluding hydrogens is 162 g/mol. The molecule has 0 saturated heterocycles. The fourth-order valence-corrected chi connectivity index (χ4v) is 1.92. The van der Waals surface area contributed by atoms with Crippen molar-refractivity contribution in [3.05, 3.63) is 11.8 Å². The van der Waals surface area contributed by atoms with E-state index in [-0.39, 0.29) is 5.41 Å². The van der Waals surface area contributed by atoms with Crippen molar-refractivity contribution in [1.29, 1.82) is 0 Å². The summed E-state index contributed by atoms with van der Waals surface area (Å²) in [6, 6.07) is 0. The highest BCUT2D eigenvalue weighted by Gasteiger charge is 2.41. The molecule has 0 aromatic carbocycles. The largest absolute Gasteiger partial charge is 0.402 e. The molecule has 1 aliphatic rings. The third-order valence-electron chi connectivity index (χ3n) is 3.59. The molecule has 2 atom stereocenters. The van der Waals surface area contributed by atoms with E-state index in [0.717, 1.165) is 18.5 Å². The van der Waals surface area contributed by atoms with Gasteiger partial charge >= 0.3 is 0 Å². The zero-order chi connectivity index (χ0) is 10.3. The van der Waals surface area contributed by atoms with Crippen molar-refractivity contribution in [1.82, 2.24) is 0 Å². The first kappa shape index (κ1) is 10.6. The maximum atomic E-state index is 10.0. The van der Waals surface area contributed by atoms with E-state index in [1.165, 1.54) is 0 Å². The number of hydrogen-bond acceptors (Lipinski definition) is 2. The molecule has 0 spiro atoms. The molecule has 1 aliphatic carbocycles. The molecular formula is C11H21NO. The first-order chi connectivity index (χ1) is 5.76. The molecule has 0 bridgehead atoms. The standard InChI is InChI=1S/C11H21NO/c1-8-7-11(4,10(2,3)13)6-5-9(8)12/h5,8,13H,6-7,12H2,1-4H3/t8-,11?/m0/s1. The van der Waals surface area contributed by atoms with Crippen LogP contribution in [0.4, 0.5) is 0 Å². The van der Waals surface area contributed by atoms with Gasteiger partial charge in [-0.15, -0.1) is 0 Å². The van der Waals surface area contributed by atoms with Crippen LogP contribution in [0.1, 0.15) is 40.5 Å². The van der Waals surface area contributed by atoms with Crippen LogP contribution in [0.2, 0.25) is 0 Å². The van der Waals surface area contributed by atoms with Gasteiger partial charge < -0.3 is 10.8 Å². The van der Waals surface area contributed by atoms with Crippen LogP contribution in [0.3, 0.4) is 0 Å². The minimum absolute atomic E-state index is 0.0325. The summed E-state index contributed by atoms with van der Waals surface area (Å²) in [5.74, 6) is 0.394. The van der Waals surface area contributed by atoms with Gasteiger partial charge in [0.2, 0.25) is 0 Å². The Hall–Kier alpha value is -0.500. The van der Waals surface area contributed by atoms with Crippen LogP contribution in [0.25, 0.3) is 0 Å². The van der Waals surface area contributed by atoms with Gasteiger partial charge in [-0.3, -0.25) is 0 Å². The highest BCUT2D eigenvalue weighted by molar-refractivity contribution is 5.11. The van der Waals surface area contributed by atoms with Gasteiger partial charge in [0.25, 0.3) is 0 Å². The number of hydrogen-bond donors (Lipinski definition) is 2.